The Labute approximate surface area is 118 Å². The Hall–Kier alpha value is -1.20. The zero-order valence-corrected chi connectivity index (χ0v) is 12.1. The van der Waals surface area contributed by atoms with Crippen molar-refractivity contribution in [2.45, 2.75) is 45.4 Å². The SMILES string of the molecule is CC(C)(C)NCc1cc(F)c(OC2CCOC2)c(F)c1. The monoisotopic (exact) mass is 285 g/mol. The maximum Gasteiger partial charge on any atom is 0.191 e. The minimum absolute atomic E-state index is 0.108. The van der Waals surface area contributed by atoms with E-state index in [0.717, 1.165) is 0 Å². The molecule has 0 aliphatic carbocycles. The zero-order chi connectivity index (χ0) is 14.8. The molecule has 1 aliphatic heterocycles. The molecule has 20 heavy (non-hydrogen) atoms. The summed E-state index contributed by atoms with van der Waals surface area (Å²) in [5.41, 5.74) is 0.452. The molecule has 1 heterocycles. The molecule has 1 unspecified atom stereocenters. The summed E-state index contributed by atoms with van der Waals surface area (Å²) in [6, 6.07) is 2.62. The summed E-state index contributed by atoms with van der Waals surface area (Å²) in [4.78, 5) is 0. The molecule has 0 spiro atoms. The molecule has 1 atom stereocenters. The average molecular weight is 285 g/mol. The lowest BCUT2D eigenvalue weighted by molar-refractivity contribution is 0.134. The van der Waals surface area contributed by atoms with E-state index in [4.69, 9.17) is 9.47 Å². The third-order valence-electron chi connectivity index (χ3n) is 3.05. The fraction of sp³-hybridized carbons (Fsp3) is 0.600. The average Bonchev–Trinajstić information content (AvgIpc) is 2.83. The molecule has 0 amide bonds. The van der Waals surface area contributed by atoms with Crippen LogP contribution in [-0.2, 0) is 11.3 Å². The van der Waals surface area contributed by atoms with Gasteiger partial charge in [-0.15, -0.1) is 0 Å². The number of halogens is 2. The van der Waals surface area contributed by atoms with Crippen LogP contribution in [0.3, 0.4) is 0 Å². The third kappa shape index (κ3) is 4.15. The molecule has 1 aromatic carbocycles. The molecule has 3 nitrogen and oxygen atoms in total. The zero-order valence-electron chi connectivity index (χ0n) is 12.1. The lowest BCUT2D eigenvalue weighted by Crippen LogP contribution is -2.35. The standard InChI is InChI=1S/C15H21F2NO2/c1-15(2,3)18-8-10-6-12(16)14(13(17)7-10)20-11-4-5-19-9-11/h6-7,11,18H,4-5,8-9H2,1-3H3. The molecule has 1 saturated heterocycles. The highest BCUT2D eigenvalue weighted by molar-refractivity contribution is 5.31. The number of rotatable bonds is 4. The summed E-state index contributed by atoms with van der Waals surface area (Å²) < 4.78 is 38.4. The first-order chi connectivity index (χ1) is 9.35. The fourth-order valence-corrected chi connectivity index (χ4v) is 1.97. The minimum atomic E-state index is -0.664. The van der Waals surface area contributed by atoms with Crippen molar-refractivity contribution in [3.63, 3.8) is 0 Å². The summed E-state index contributed by atoms with van der Waals surface area (Å²) in [6.07, 6.45) is 0.393. The highest BCUT2D eigenvalue weighted by atomic mass is 19.1. The van der Waals surface area contributed by atoms with Gasteiger partial charge in [-0.2, -0.15) is 0 Å². The smallest absolute Gasteiger partial charge is 0.191 e. The Morgan fingerprint density at radius 1 is 1.30 bits per heavy atom. The molecule has 1 N–H and O–H groups in total. The molecular formula is C15H21F2NO2. The van der Waals surface area contributed by atoms with Crippen molar-refractivity contribution >= 4 is 0 Å². The summed E-state index contributed by atoms with van der Waals surface area (Å²) >= 11 is 0. The van der Waals surface area contributed by atoms with Crippen LogP contribution < -0.4 is 10.1 Å². The van der Waals surface area contributed by atoms with Gasteiger partial charge in [-0.3, -0.25) is 0 Å². The molecule has 0 saturated carbocycles. The topological polar surface area (TPSA) is 30.5 Å². The predicted molar refractivity (Wildman–Crippen MR) is 72.8 cm³/mol. The summed E-state index contributed by atoms with van der Waals surface area (Å²) in [6.45, 7) is 7.35. The van der Waals surface area contributed by atoms with Gasteiger partial charge in [0.1, 0.15) is 6.10 Å². The Morgan fingerprint density at radius 2 is 1.95 bits per heavy atom. The van der Waals surface area contributed by atoms with Crippen molar-refractivity contribution < 1.29 is 18.3 Å². The quantitative estimate of drug-likeness (QED) is 0.922. The Balaban J connectivity index is 2.07. The molecule has 112 valence electrons. The first-order valence-corrected chi connectivity index (χ1v) is 6.82. The van der Waals surface area contributed by atoms with Gasteiger partial charge in [-0.25, -0.2) is 8.78 Å². The van der Waals surface area contributed by atoms with Crippen molar-refractivity contribution in [3.8, 4) is 5.75 Å². The lowest BCUT2D eigenvalue weighted by Gasteiger charge is -2.21. The molecular weight excluding hydrogens is 264 g/mol. The van der Waals surface area contributed by atoms with Gasteiger partial charge >= 0.3 is 0 Å². The van der Waals surface area contributed by atoms with Gasteiger partial charge in [0.25, 0.3) is 0 Å². The van der Waals surface area contributed by atoms with Crippen molar-refractivity contribution in [1.82, 2.24) is 5.32 Å². The number of ether oxygens (including phenoxy) is 2. The van der Waals surface area contributed by atoms with E-state index >= 15 is 0 Å². The Bertz CT molecular complexity index is 442. The van der Waals surface area contributed by atoms with Crippen LogP contribution in [0.25, 0.3) is 0 Å². The van der Waals surface area contributed by atoms with E-state index in [-0.39, 0.29) is 17.4 Å². The van der Waals surface area contributed by atoms with E-state index in [1.54, 1.807) is 0 Å². The van der Waals surface area contributed by atoms with Gasteiger partial charge in [0.2, 0.25) is 0 Å². The summed E-state index contributed by atoms with van der Waals surface area (Å²) in [7, 11) is 0. The van der Waals surface area contributed by atoms with Crippen LogP contribution in [0.1, 0.15) is 32.8 Å². The first kappa shape index (κ1) is 15.2. The van der Waals surface area contributed by atoms with Gasteiger partial charge in [0.05, 0.1) is 13.2 Å². The van der Waals surface area contributed by atoms with Crippen LogP contribution >= 0.6 is 0 Å². The van der Waals surface area contributed by atoms with Crippen LogP contribution in [0.15, 0.2) is 12.1 Å². The van der Waals surface area contributed by atoms with E-state index in [1.165, 1.54) is 12.1 Å². The second-order valence-corrected chi connectivity index (χ2v) is 6.10. The van der Waals surface area contributed by atoms with Crippen LogP contribution in [0.5, 0.6) is 5.75 Å². The largest absolute Gasteiger partial charge is 0.482 e. The van der Waals surface area contributed by atoms with E-state index < -0.39 is 11.6 Å². The van der Waals surface area contributed by atoms with Crippen molar-refractivity contribution in [1.29, 1.82) is 0 Å². The van der Waals surface area contributed by atoms with E-state index in [0.29, 0.717) is 31.7 Å². The molecule has 0 bridgehead atoms. The van der Waals surface area contributed by atoms with Gasteiger partial charge in [-0.1, -0.05) is 0 Å². The molecule has 2 rings (SSSR count). The van der Waals surface area contributed by atoms with Crippen molar-refractivity contribution in [2.75, 3.05) is 13.2 Å². The molecule has 5 heteroatoms. The third-order valence-corrected chi connectivity index (χ3v) is 3.05. The second kappa shape index (κ2) is 6.06. The predicted octanol–water partition coefficient (Wildman–Crippen LogP) is 3.02. The van der Waals surface area contributed by atoms with Crippen LogP contribution in [0.2, 0.25) is 0 Å². The van der Waals surface area contributed by atoms with E-state index in [9.17, 15) is 8.78 Å². The molecule has 1 aliphatic rings. The molecule has 1 fully saturated rings. The van der Waals surface area contributed by atoms with Gasteiger partial charge in [0, 0.05) is 18.5 Å². The number of hydrogen-bond donors (Lipinski definition) is 1. The summed E-state index contributed by atoms with van der Waals surface area (Å²) in [5, 5.41) is 3.19. The number of nitrogens with one attached hydrogen (secondary N) is 1. The van der Waals surface area contributed by atoms with Gasteiger partial charge in [-0.05, 0) is 38.5 Å². The molecule has 1 aromatic rings. The van der Waals surface area contributed by atoms with E-state index in [1.807, 2.05) is 20.8 Å². The van der Waals surface area contributed by atoms with Gasteiger partial charge < -0.3 is 14.8 Å². The van der Waals surface area contributed by atoms with Crippen LogP contribution in [0.4, 0.5) is 8.78 Å². The highest BCUT2D eigenvalue weighted by Gasteiger charge is 2.22. The Kier molecular flexibility index (Phi) is 4.60. The first-order valence-electron chi connectivity index (χ1n) is 6.82. The Morgan fingerprint density at radius 3 is 2.45 bits per heavy atom. The maximum absolute atomic E-state index is 14.0. The maximum atomic E-state index is 14.0. The summed E-state index contributed by atoms with van der Waals surface area (Å²) in [5.74, 6) is -1.63. The number of hydrogen-bond acceptors (Lipinski definition) is 3. The normalized spacial score (nSPS) is 19.4. The minimum Gasteiger partial charge on any atom is -0.482 e. The lowest BCUT2D eigenvalue weighted by atomic mass is 10.1. The molecule has 0 aromatic heterocycles. The van der Waals surface area contributed by atoms with Crippen LogP contribution in [-0.4, -0.2) is 24.9 Å². The fourth-order valence-electron chi connectivity index (χ4n) is 1.97. The van der Waals surface area contributed by atoms with Crippen LogP contribution in [0, 0.1) is 11.6 Å². The van der Waals surface area contributed by atoms with Crippen molar-refractivity contribution in [3.05, 3.63) is 29.3 Å². The van der Waals surface area contributed by atoms with E-state index in [2.05, 4.69) is 5.32 Å². The molecule has 0 radical (unpaired) electrons. The van der Waals surface area contributed by atoms with Gasteiger partial charge in [0.15, 0.2) is 17.4 Å². The van der Waals surface area contributed by atoms with Crippen molar-refractivity contribution in [2.24, 2.45) is 0 Å². The number of benzene rings is 1. The highest BCUT2D eigenvalue weighted by Crippen LogP contribution is 2.26. The second-order valence-electron chi connectivity index (χ2n) is 6.10.